The van der Waals surface area contributed by atoms with Crippen molar-refractivity contribution in [3.8, 4) is 0 Å². The van der Waals surface area contributed by atoms with Crippen molar-refractivity contribution in [2.24, 2.45) is 0 Å². The summed E-state index contributed by atoms with van der Waals surface area (Å²) in [5.41, 5.74) is 0.336. The molecule has 1 aliphatic heterocycles. The standard InChI is InChI=1S/C13H28N2S/c1-5-12-10-14-13(4,6-2)11-15(12)8-9-16-7-3/h12,14H,5-11H2,1-4H3. The van der Waals surface area contributed by atoms with E-state index in [0.717, 1.165) is 12.6 Å². The molecule has 0 spiro atoms. The Morgan fingerprint density at radius 1 is 1.38 bits per heavy atom. The Morgan fingerprint density at radius 2 is 2.12 bits per heavy atom. The molecule has 1 fully saturated rings. The van der Waals surface area contributed by atoms with Crippen molar-refractivity contribution in [3.05, 3.63) is 0 Å². The Hall–Kier alpha value is 0.270. The van der Waals surface area contributed by atoms with Gasteiger partial charge in [0, 0.05) is 37.0 Å². The number of thioether (sulfide) groups is 1. The molecule has 0 bridgehead atoms. The Labute approximate surface area is 106 Å². The highest BCUT2D eigenvalue weighted by Gasteiger charge is 2.33. The van der Waals surface area contributed by atoms with Gasteiger partial charge >= 0.3 is 0 Å². The van der Waals surface area contributed by atoms with Crippen LogP contribution in [-0.4, -0.2) is 47.6 Å². The van der Waals surface area contributed by atoms with Gasteiger partial charge in [-0.1, -0.05) is 20.8 Å². The lowest BCUT2D eigenvalue weighted by molar-refractivity contribution is 0.0884. The van der Waals surface area contributed by atoms with Gasteiger partial charge in [-0.3, -0.25) is 4.90 Å². The van der Waals surface area contributed by atoms with E-state index in [1.165, 1.54) is 37.4 Å². The largest absolute Gasteiger partial charge is 0.309 e. The van der Waals surface area contributed by atoms with Crippen LogP contribution in [0.3, 0.4) is 0 Å². The predicted octanol–water partition coefficient (Wildman–Crippen LogP) is 2.59. The molecule has 0 aliphatic carbocycles. The van der Waals surface area contributed by atoms with Crippen molar-refractivity contribution >= 4 is 11.8 Å². The summed E-state index contributed by atoms with van der Waals surface area (Å²) in [5, 5.41) is 3.72. The van der Waals surface area contributed by atoms with Crippen molar-refractivity contribution in [3.63, 3.8) is 0 Å². The van der Waals surface area contributed by atoms with Gasteiger partial charge in [-0.05, 0) is 25.5 Å². The molecule has 0 radical (unpaired) electrons. The van der Waals surface area contributed by atoms with Crippen LogP contribution in [0, 0.1) is 0 Å². The average molecular weight is 244 g/mol. The number of nitrogens with one attached hydrogen (secondary N) is 1. The maximum absolute atomic E-state index is 3.72. The first-order chi connectivity index (χ1) is 7.65. The van der Waals surface area contributed by atoms with Gasteiger partial charge in [-0.25, -0.2) is 0 Å². The summed E-state index contributed by atoms with van der Waals surface area (Å²) >= 11 is 2.06. The summed E-state index contributed by atoms with van der Waals surface area (Å²) in [6.45, 7) is 12.8. The van der Waals surface area contributed by atoms with Crippen LogP contribution in [0.25, 0.3) is 0 Å². The monoisotopic (exact) mass is 244 g/mol. The van der Waals surface area contributed by atoms with Gasteiger partial charge < -0.3 is 5.32 Å². The quantitative estimate of drug-likeness (QED) is 0.723. The fraction of sp³-hybridized carbons (Fsp3) is 1.00. The third kappa shape index (κ3) is 3.94. The molecule has 1 saturated heterocycles. The zero-order valence-corrected chi connectivity index (χ0v) is 12.2. The molecule has 2 unspecified atom stereocenters. The molecular formula is C13H28N2S. The SMILES string of the molecule is CCSCCN1CC(C)(CC)NCC1CC. The Balaban J connectivity index is 2.47. The lowest BCUT2D eigenvalue weighted by Gasteiger charge is -2.46. The van der Waals surface area contributed by atoms with Crippen LogP contribution in [0.2, 0.25) is 0 Å². The molecule has 0 aromatic heterocycles. The van der Waals surface area contributed by atoms with Crippen LogP contribution in [0.5, 0.6) is 0 Å². The molecule has 0 saturated carbocycles. The third-order valence-corrected chi connectivity index (χ3v) is 4.69. The lowest BCUT2D eigenvalue weighted by Crippen LogP contribution is -2.62. The fourth-order valence-electron chi connectivity index (χ4n) is 2.35. The van der Waals surface area contributed by atoms with E-state index >= 15 is 0 Å². The van der Waals surface area contributed by atoms with E-state index in [1.54, 1.807) is 0 Å². The van der Waals surface area contributed by atoms with E-state index in [0.29, 0.717) is 5.54 Å². The first-order valence-corrected chi connectivity index (χ1v) is 7.87. The molecule has 3 heteroatoms. The zero-order chi connectivity index (χ0) is 12.0. The van der Waals surface area contributed by atoms with E-state index < -0.39 is 0 Å². The van der Waals surface area contributed by atoms with Crippen LogP contribution >= 0.6 is 11.8 Å². The molecule has 0 aromatic rings. The van der Waals surface area contributed by atoms with Crippen molar-refractivity contribution in [1.82, 2.24) is 10.2 Å². The minimum atomic E-state index is 0.336. The summed E-state index contributed by atoms with van der Waals surface area (Å²) in [5.74, 6) is 2.53. The van der Waals surface area contributed by atoms with Crippen LogP contribution in [0.1, 0.15) is 40.5 Å². The second kappa shape index (κ2) is 6.87. The number of hydrogen-bond acceptors (Lipinski definition) is 3. The second-order valence-corrected chi connectivity index (χ2v) is 6.42. The summed E-state index contributed by atoms with van der Waals surface area (Å²) in [6.07, 6.45) is 2.49. The first-order valence-electron chi connectivity index (χ1n) is 6.72. The minimum Gasteiger partial charge on any atom is -0.309 e. The normalized spacial score (nSPS) is 31.9. The van der Waals surface area contributed by atoms with E-state index in [9.17, 15) is 0 Å². The number of nitrogens with zero attached hydrogens (tertiary/aromatic N) is 1. The molecule has 96 valence electrons. The van der Waals surface area contributed by atoms with Crippen LogP contribution in [0.15, 0.2) is 0 Å². The molecule has 1 N–H and O–H groups in total. The Morgan fingerprint density at radius 3 is 2.69 bits per heavy atom. The second-order valence-electron chi connectivity index (χ2n) is 5.02. The van der Waals surface area contributed by atoms with Gasteiger partial charge in [0.2, 0.25) is 0 Å². The van der Waals surface area contributed by atoms with E-state index in [2.05, 4.69) is 49.7 Å². The highest BCUT2D eigenvalue weighted by atomic mass is 32.2. The Kier molecular flexibility index (Phi) is 6.16. The minimum absolute atomic E-state index is 0.336. The molecule has 0 amide bonds. The topological polar surface area (TPSA) is 15.3 Å². The lowest BCUT2D eigenvalue weighted by atomic mass is 9.93. The first kappa shape index (κ1) is 14.3. The summed E-state index contributed by atoms with van der Waals surface area (Å²) < 4.78 is 0. The summed E-state index contributed by atoms with van der Waals surface area (Å²) in [7, 11) is 0. The fourth-order valence-corrected chi connectivity index (χ4v) is 3.01. The highest BCUT2D eigenvalue weighted by Crippen LogP contribution is 2.20. The Bertz CT molecular complexity index is 198. The van der Waals surface area contributed by atoms with Crippen LogP contribution in [-0.2, 0) is 0 Å². The van der Waals surface area contributed by atoms with Gasteiger partial charge in [-0.2, -0.15) is 11.8 Å². The van der Waals surface area contributed by atoms with Crippen LogP contribution < -0.4 is 5.32 Å². The molecule has 1 aliphatic rings. The van der Waals surface area contributed by atoms with E-state index in [-0.39, 0.29) is 0 Å². The highest BCUT2D eigenvalue weighted by molar-refractivity contribution is 7.99. The van der Waals surface area contributed by atoms with Gasteiger partial charge in [0.25, 0.3) is 0 Å². The van der Waals surface area contributed by atoms with Gasteiger partial charge in [0.05, 0.1) is 0 Å². The van der Waals surface area contributed by atoms with E-state index in [4.69, 9.17) is 0 Å². The zero-order valence-electron chi connectivity index (χ0n) is 11.4. The maximum atomic E-state index is 3.72. The molecule has 2 atom stereocenters. The third-order valence-electron chi connectivity index (χ3n) is 3.81. The summed E-state index contributed by atoms with van der Waals surface area (Å²) in [6, 6.07) is 0.747. The predicted molar refractivity (Wildman–Crippen MR) is 75.3 cm³/mol. The van der Waals surface area contributed by atoms with Crippen molar-refractivity contribution in [2.45, 2.75) is 52.1 Å². The molecule has 2 nitrogen and oxygen atoms in total. The van der Waals surface area contributed by atoms with Gasteiger partial charge in [0.1, 0.15) is 0 Å². The van der Waals surface area contributed by atoms with Crippen LogP contribution in [0.4, 0.5) is 0 Å². The number of rotatable bonds is 6. The van der Waals surface area contributed by atoms with Gasteiger partial charge in [-0.15, -0.1) is 0 Å². The average Bonchev–Trinajstić information content (AvgIpc) is 2.30. The molecule has 0 aromatic carbocycles. The van der Waals surface area contributed by atoms with Crippen molar-refractivity contribution < 1.29 is 0 Å². The summed E-state index contributed by atoms with van der Waals surface area (Å²) in [4.78, 5) is 2.70. The smallest absolute Gasteiger partial charge is 0.0278 e. The number of hydrogen-bond donors (Lipinski definition) is 1. The van der Waals surface area contributed by atoms with Gasteiger partial charge in [0.15, 0.2) is 0 Å². The van der Waals surface area contributed by atoms with Crippen molar-refractivity contribution in [1.29, 1.82) is 0 Å². The maximum Gasteiger partial charge on any atom is 0.0278 e. The number of piperazine rings is 1. The molecular weight excluding hydrogens is 216 g/mol. The molecule has 1 heterocycles. The van der Waals surface area contributed by atoms with Crippen molar-refractivity contribution in [2.75, 3.05) is 31.1 Å². The van der Waals surface area contributed by atoms with E-state index in [1.807, 2.05) is 0 Å². The molecule has 16 heavy (non-hydrogen) atoms. The molecule has 1 rings (SSSR count).